The summed E-state index contributed by atoms with van der Waals surface area (Å²) in [6, 6.07) is 25.3. The van der Waals surface area contributed by atoms with E-state index in [1.807, 2.05) is 44.2 Å². The summed E-state index contributed by atoms with van der Waals surface area (Å²) in [7, 11) is -4.04. The van der Waals surface area contributed by atoms with Gasteiger partial charge in [0.15, 0.2) is 0 Å². The van der Waals surface area contributed by atoms with Crippen LogP contribution in [-0.2, 0) is 26.2 Å². The molecular formula is C29H35N3O4S. The molecule has 0 bridgehead atoms. The molecule has 8 heteroatoms. The number of benzene rings is 3. The van der Waals surface area contributed by atoms with E-state index in [1.54, 1.807) is 48.5 Å². The Morgan fingerprint density at radius 2 is 1.41 bits per heavy atom. The topological polar surface area (TPSA) is 86.8 Å². The predicted octanol–water partition coefficient (Wildman–Crippen LogP) is 4.61. The minimum atomic E-state index is -4.04. The lowest BCUT2D eigenvalue weighted by atomic mass is 10.1. The molecule has 1 N–H and O–H groups in total. The largest absolute Gasteiger partial charge is 0.354 e. The van der Waals surface area contributed by atoms with Gasteiger partial charge in [-0.2, -0.15) is 0 Å². The average molecular weight is 522 g/mol. The number of nitrogens with one attached hydrogen (secondary N) is 1. The van der Waals surface area contributed by atoms with Crippen LogP contribution in [0.3, 0.4) is 0 Å². The van der Waals surface area contributed by atoms with Crippen LogP contribution in [0, 0.1) is 0 Å². The second-order valence-electron chi connectivity index (χ2n) is 8.74. The Bertz CT molecular complexity index is 1240. The number of nitrogens with zero attached hydrogens (tertiary/aromatic N) is 2. The van der Waals surface area contributed by atoms with Crippen LogP contribution in [0.4, 0.5) is 5.69 Å². The quantitative estimate of drug-likeness (QED) is 0.333. The summed E-state index contributed by atoms with van der Waals surface area (Å²) in [4.78, 5) is 28.6. The molecule has 0 saturated carbocycles. The summed E-state index contributed by atoms with van der Waals surface area (Å²) in [5.41, 5.74) is 1.23. The van der Waals surface area contributed by atoms with Crippen molar-refractivity contribution in [1.82, 2.24) is 10.2 Å². The van der Waals surface area contributed by atoms with Gasteiger partial charge in [0, 0.05) is 13.1 Å². The van der Waals surface area contributed by atoms with Gasteiger partial charge in [0.05, 0.1) is 10.6 Å². The fourth-order valence-electron chi connectivity index (χ4n) is 4.05. The van der Waals surface area contributed by atoms with Gasteiger partial charge in [0.2, 0.25) is 11.8 Å². The van der Waals surface area contributed by atoms with Gasteiger partial charge >= 0.3 is 0 Å². The van der Waals surface area contributed by atoms with Crippen LogP contribution in [0.1, 0.15) is 38.7 Å². The van der Waals surface area contributed by atoms with E-state index in [9.17, 15) is 18.0 Å². The predicted molar refractivity (Wildman–Crippen MR) is 146 cm³/mol. The molecule has 3 rings (SSSR count). The zero-order valence-electron chi connectivity index (χ0n) is 21.4. The summed E-state index contributed by atoms with van der Waals surface area (Å²) >= 11 is 0. The fourth-order valence-corrected chi connectivity index (χ4v) is 5.48. The van der Waals surface area contributed by atoms with E-state index in [0.29, 0.717) is 18.7 Å². The van der Waals surface area contributed by atoms with Crippen molar-refractivity contribution in [3.63, 3.8) is 0 Å². The Kier molecular flexibility index (Phi) is 10.3. The van der Waals surface area contributed by atoms with E-state index in [1.165, 1.54) is 17.0 Å². The summed E-state index contributed by atoms with van der Waals surface area (Å²) in [5.74, 6) is -0.692. The van der Waals surface area contributed by atoms with Crippen molar-refractivity contribution in [2.45, 2.75) is 50.6 Å². The monoisotopic (exact) mass is 521 g/mol. The highest BCUT2D eigenvalue weighted by Gasteiger charge is 2.33. The van der Waals surface area contributed by atoms with Crippen molar-refractivity contribution >= 4 is 27.5 Å². The van der Waals surface area contributed by atoms with E-state index < -0.39 is 28.5 Å². The number of hydrogen-bond donors (Lipinski definition) is 1. The van der Waals surface area contributed by atoms with Gasteiger partial charge in [-0.3, -0.25) is 13.9 Å². The summed E-state index contributed by atoms with van der Waals surface area (Å²) < 4.78 is 28.5. The molecule has 1 atom stereocenters. The maximum absolute atomic E-state index is 13.9. The van der Waals surface area contributed by atoms with Crippen molar-refractivity contribution in [3.8, 4) is 0 Å². The number of carbonyl (C=O) groups is 2. The fraction of sp³-hybridized carbons (Fsp3) is 0.310. The molecule has 0 aliphatic rings. The lowest BCUT2D eigenvalue weighted by Gasteiger charge is -2.33. The maximum atomic E-state index is 13.9. The van der Waals surface area contributed by atoms with E-state index in [2.05, 4.69) is 5.32 Å². The third-order valence-electron chi connectivity index (χ3n) is 6.07. The Morgan fingerprint density at radius 3 is 1.97 bits per heavy atom. The molecule has 2 amide bonds. The summed E-state index contributed by atoms with van der Waals surface area (Å²) in [5, 5.41) is 2.93. The Labute approximate surface area is 220 Å². The van der Waals surface area contributed by atoms with Crippen molar-refractivity contribution < 1.29 is 18.0 Å². The lowest BCUT2D eigenvalue weighted by molar-refractivity contribution is -0.140. The molecule has 196 valence electrons. The van der Waals surface area contributed by atoms with Gasteiger partial charge in [-0.25, -0.2) is 8.42 Å². The van der Waals surface area contributed by atoms with Crippen LogP contribution in [0.2, 0.25) is 0 Å². The normalized spacial score (nSPS) is 11.9. The third-order valence-corrected chi connectivity index (χ3v) is 7.85. The van der Waals surface area contributed by atoms with Gasteiger partial charge in [-0.05, 0) is 42.7 Å². The highest BCUT2D eigenvalue weighted by Crippen LogP contribution is 2.24. The molecule has 0 radical (unpaired) electrons. The van der Waals surface area contributed by atoms with Crippen LogP contribution in [0.5, 0.6) is 0 Å². The number of unbranched alkanes of at least 4 members (excludes halogenated alkanes) is 1. The number of hydrogen-bond acceptors (Lipinski definition) is 4. The molecule has 37 heavy (non-hydrogen) atoms. The van der Waals surface area contributed by atoms with Crippen molar-refractivity contribution in [1.29, 1.82) is 0 Å². The van der Waals surface area contributed by atoms with E-state index in [-0.39, 0.29) is 17.3 Å². The van der Waals surface area contributed by atoms with Crippen LogP contribution < -0.4 is 9.62 Å². The second kappa shape index (κ2) is 13.6. The van der Waals surface area contributed by atoms with E-state index in [4.69, 9.17) is 0 Å². The smallest absolute Gasteiger partial charge is 0.264 e. The van der Waals surface area contributed by atoms with Crippen molar-refractivity contribution in [2.75, 3.05) is 17.4 Å². The van der Waals surface area contributed by atoms with E-state index in [0.717, 1.165) is 22.7 Å². The third kappa shape index (κ3) is 7.43. The molecule has 0 unspecified atom stereocenters. The average Bonchev–Trinajstić information content (AvgIpc) is 2.93. The molecule has 0 spiro atoms. The zero-order valence-corrected chi connectivity index (χ0v) is 22.2. The molecule has 0 saturated heterocycles. The molecule has 3 aromatic rings. The molecule has 7 nitrogen and oxygen atoms in total. The van der Waals surface area contributed by atoms with Crippen molar-refractivity contribution in [2.24, 2.45) is 0 Å². The SMILES string of the molecule is CCCCNC(=O)[C@@H](CC)N(Cc1ccccc1)C(=O)CN(c1ccccc1)S(=O)(=O)c1ccccc1. The highest BCUT2D eigenvalue weighted by molar-refractivity contribution is 7.92. The van der Waals surface area contributed by atoms with Gasteiger partial charge in [-0.1, -0.05) is 87.0 Å². The maximum Gasteiger partial charge on any atom is 0.264 e. The summed E-state index contributed by atoms with van der Waals surface area (Å²) in [6.45, 7) is 4.17. The van der Waals surface area contributed by atoms with Gasteiger partial charge < -0.3 is 10.2 Å². The Hall–Kier alpha value is -3.65. The number of para-hydroxylation sites is 1. The lowest BCUT2D eigenvalue weighted by Crippen LogP contribution is -2.52. The van der Waals surface area contributed by atoms with Gasteiger partial charge in [-0.15, -0.1) is 0 Å². The first kappa shape index (κ1) is 27.9. The number of rotatable bonds is 13. The first-order chi connectivity index (χ1) is 17.9. The number of carbonyl (C=O) groups excluding carboxylic acids is 2. The molecule has 0 aliphatic heterocycles. The molecule has 0 aliphatic carbocycles. The minimum absolute atomic E-state index is 0.0885. The first-order valence-corrected chi connectivity index (χ1v) is 14.1. The summed E-state index contributed by atoms with van der Waals surface area (Å²) in [6.07, 6.45) is 2.17. The second-order valence-corrected chi connectivity index (χ2v) is 10.6. The standard InChI is InChI=1S/C29H35N3O4S/c1-3-5-21-30-29(34)27(4-2)31(22-24-15-9-6-10-16-24)28(33)23-32(25-17-11-7-12-18-25)37(35,36)26-19-13-8-14-20-26/h6-20,27H,3-5,21-23H2,1-2H3,(H,30,34)/t27-/m1/s1. The number of anilines is 1. The van der Waals surface area contributed by atoms with Gasteiger partial charge in [0.25, 0.3) is 10.0 Å². The molecule has 0 aromatic heterocycles. The van der Waals surface area contributed by atoms with Crippen LogP contribution >= 0.6 is 0 Å². The van der Waals surface area contributed by atoms with Gasteiger partial charge in [0.1, 0.15) is 12.6 Å². The number of sulfonamides is 1. The molecule has 0 heterocycles. The number of amides is 2. The molecule has 3 aromatic carbocycles. The van der Waals surface area contributed by atoms with Crippen LogP contribution in [-0.4, -0.2) is 44.3 Å². The minimum Gasteiger partial charge on any atom is -0.354 e. The Balaban J connectivity index is 1.98. The Morgan fingerprint density at radius 1 is 0.838 bits per heavy atom. The molecular weight excluding hydrogens is 486 g/mol. The molecule has 0 fully saturated rings. The van der Waals surface area contributed by atoms with Crippen LogP contribution in [0.15, 0.2) is 95.9 Å². The highest BCUT2D eigenvalue weighted by atomic mass is 32.2. The zero-order chi connectivity index (χ0) is 26.7. The first-order valence-electron chi connectivity index (χ1n) is 12.6. The van der Waals surface area contributed by atoms with Crippen LogP contribution in [0.25, 0.3) is 0 Å². The van der Waals surface area contributed by atoms with Crippen molar-refractivity contribution in [3.05, 3.63) is 96.6 Å². The van der Waals surface area contributed by atoms with E-state index >= 15 is 0 Å².